The van der Waals surface area contributed by atoms with Gasteiger partial charge in [-0.2, -0.15) is 0 Å². The van der Waals surface area contributed by atoms with Gasteiger partial charge in [-0.25, -0.2) is 4.79 Å². The Kier molecular flexibility index (Phi) is 9.94. The van der Waals surface area contributed by atoms with Crippen LogP contribution in [0.15, 0.2) is 97.5 Å². The van der Waals surface area contributed by atoms with E-state index in [1.807, 2.05) is 30.3 Å². The van der Waals surface area contributed by atoms with Crippen molar-refractivity contribution in [2.45, 2.75) is 50.5 Å². The van der Waals surface area contributed by atoms with Gasteiger partial charge in [0.15, 0.2) is 0 Å². The van der Waals surface area contributed by atoms with Gasteiger partial charge in [-0.1, -0.05) is 72.8 Å². The molecule has 0 amide bonds. The zero-order chi connectivity index (χ0) is 28.3. The van der Waals surface area contributed by atoms with Crippen molar-refractivity contribution >= 4 is 5.97 Å². The number of nitrogens with zero attached hydrogens (tertiary/aromatic N) is 1. The Labute approximate surface area is 242 Å². The monoisotopic (exact) mass is 557 g/mol. The van der Waals surface area contributed by atoms with Crippen molar-refractivity contribution in [1.82, 2.24) is 4.90 Å². The molecule has 1 atom stereocenters. The molecule has 0 saturated carbocycles. The first-order valence-electron chi connectivity index (χ1n) is 14.5. The SMILES string of the molecule is O=C(OCC1CCN(Cc2ccccc2)CC1)[C@](O)(c1ccccc1)c1cccc(OCCCCC2OC=CO2)c1. The second kappa shape index (κ2) is 14.2. The smallest absolute Gasteiger partial charge is 0.347 e. The van der Waals surface area contributed by atoms with Crippen molar-refractivity contribution in [2.75, 3.05) is 26.3 Å². The molecule has 0 bridgehead atoms. The molecule has 1 N–H and O–H groups in total. The van der Waals surface area contributed by atoms with E-state index in [2.05, 4.69) is 29.2 Å². The van der Waals surface area contributed by atoms with Gasteiger partial charge < -0.3 is 24.1 Å². The number of ether oxygens (including phenoxy) is 4. The van der Waals surface area contributed by atoms with E-state index in [0.717, 1.165) is 51.7 Å². The van der Waals surface area contributed by atoms with Crippen molar-refractivity contribution in [2.24, 2.45) is 5.92 Å². The van der Waals surface area contributed by atoms with Crippen molar-refractivity contribution < 1.29 is 28.8 Å². The molecule has 0 aromatic heterocycles. The minimum atomic E-state index is -1.95. The zero-order valence-electron chi connectivity index (χ0n) is 23.4. The summed E-state index contributed by atoms with van der Waals surface area (Å²) in [6.07, 6.45) is 7.28. The predicted molar refractivity (Wildman–Crippen MR) is 156 cm³/mol. The van der Waals surface area contributed by atoms with Crippen LogP contribution >= 0.6 is 0 Å². The van der Waals surface area contributed by atoms with E-state index in [-0.39, 0.29) is 18.8 Å². The Balaban J connectivity index is 1.17. The van der Waals surface area contributed by atoms with Crippen LogP contribution in [0.5, 0.6) is 5.75 Å². The zero-order valence-corrected chi connectivity index (χ0v) is 23.4. The molecule has 7 nitrogen and oxygen atoms in total. The second-order valence-corrected chi connectivity index (χ2v) is 10.7. The fourth-order valence-electron chi connectivity index (χ4n) is 5.35. The number of likely N-dealkylation sites (tertiary alicyclic amines) is 1. The molecule has 1 saturated heterocycles. The highest BCUT2D eigenvalue weighted by Crippen LogP contribution is 2.34. The molecule has 0 unspecified atom stereocenters. The second-order valence-electron chi connectivity index (χ2n) is 10.7. The van der Waals surface area contributed by atoms with Crippen molar-refractivity contribution in [3.8, 4) is 5.75 Å². The summed E-state index contributed by atoms with van der Waals surface area (Å²) in [5.74, 6) is 0.180. The Morgan fingerprint density at radius 3 is 2.29 bits per heavy atom. The summed E-state index contributed by atoms with van der Waals surface area (Å²) < 4.78 is 22.4. The minimum absolute atomic E-state index is 0.216. The van der Waals surface area contributed by atoms with Crippen LogP contribution < -0.4 is 4.74 Å². The lowest BCUT2D eigenvalue weighted by Gasteiger charge is -2.33. The molecular formula is C34H39NO6. The van der Waals surface area contributed by atoms with Gasteiger partial charge in [0.25, 0.3) is 0 Å². The van der Waals surface area contributed by atoms with Crippen LogP contribution in [0.2, 0.25) is 0 Å². The lowest BCUT2D eigenvalue weighted by Crippen LogP contribution is -2.40. The largest absolute Gasteiger partial charge is 0.494 e. The molecule has 2 aliphatic rings. The highest BCUT2D eigenvalue weighted by Gasteiger charge is 2.42. The summed E-state index contributed by atoms with van der Waals surface area (Å²) in [6, 6.07) is 26.5. The third-order valence-corrected chi connectivity index (χ3v) is 7.76. The first kappa shape index (κ1) is 28.7. The van der Waals surface area contributed by atoms with Crippen LogP contribution in [-0.2, 0) is 31.2 Å². The van der Waals surface area contributed by atoms with E-state index in [4.69, 9.17) is 18.9 Å². The van der Waals surface area contributed by atoms with Crippen LogP contribution in [-0.4, -0.2) is 48.6 Å². The summed E-state index contributed by atoms with van der Waals surface area (Å²) in [5.41, 5.74) is 0.244. The van der Waals surface area contributed by atoms with Gasteiger partial charge in [-0.05, 0) is 68.0 Å². The number of carbonyl (C=O) groups excluding carboxylic acids is 1. The van der Waals surface area contributed by atoms with Gasteiger partial charge >= 0.3 is 5.97 Å². The average Bonchev–Trinajstić information content (AvgIpc) is 3.55. The van der Waals surface area contributed by atoms with Crippen molar-refractivity contribution in [1.29, 1.82) is 0 Å². The maximum atomic E-state index is 13.6. The van der Waals surface area contributed by atoms with Crippen molar-refractivity contribution in [3.63, 3.8) is 0 Å². The first-order valence-corrected chi connectivity index (χ1v) is 14.5. The molecule has 3 aromatic carbocycles. The molecule has 41 heavy (non-hydrogen) atoms. The standard InChI is InChI=1S/C34H39NO6/c36-33(41-26-28-17-19-35(20-18-28)25-27-10-3-1-4-11-27)34(37,29-12-5-2-6-13-29)30-14-9-15-31(24-30)38-21-8-7-16-32-39-22-23-40-32/h1-6,9-15,22-24,28,32,37H,7-8,16-21,25-26H2/t34-/m0/s1. The average molecular weight is 558 g/mol. The number of unbranched alkanes of at least 4 members (excludes halogenated alkanes) is 1. The molecule has 7 heteroatoms. The molecule has 1 fully saturated rings. The highest BCUT2D eigenvalue weighted by molar-refractivity contribution is 5.85. The van der Waals surface area contributed by atoms with Crippen LogP contribution in [0.25, 0.3) is 0 Å². The highest BCUT2D eigenvalue weighted by atomic mass is 16.7. The minimum Gasteiger partial charge on any atom is -0.494 e. The first-order chi connectivity index (χ1) is 20.1. The molecule has 2 aliphatic heterocycles. The topological polar surface area (TPSA) is 77.5 Å². The Morgan fingerprint density at radius 2 is 1.56 bits per heavy atom. The number of hydrogen-bond acceptors (Lipinski definition) is 7. The predicted octanol–water partition coefficient (Wildman–Crippen LogP) is 5.77. The lowest BCUT2D eigenvalue weighted by atomic mass is 9.86. The van der Waals surface area contributed by atoms with Gasteiger partial charge in [0.1, 0.15) is 18.3 Å². The van der Waals surface area contributed by atoms with E-state index in [1.54, 1.807) is 42.9 Å². The number of piperidine rings is 1. The van der Waals surface area contributed by atoms with E-state index >= 15 is 0 Å². The summed E-state index contributed by atoms with van der Waals surface area (Å²) >= 11 is 0. The molecular weight excluding hydrogens is 518 g/mol. The molecule has 0 spiro atoms. The Hall–Kier alpha value is -3.81. The molecule has 3 aromatic rings. The number of aliphatic hydroxyl groups is 1. The fraction of sp³-hybridized carbons (Fsp3) is 0.382. The van der Waals surface area contributed by atoms with Gasteiger partial charge in [0, 0.05) is 18.5 Å². The number of esters is 1. The molecule has 216 valence electrons. The van der Waals surface area contributed by atoms with Crippen LogP contribution in [0.1, 0.15) is 48.8 Å². The number of hydrogen-bond donors (Lipinski definition) is 1. The summed E-state index contributed by atoms with van der Waals surface area (Å²) in [4.78, 5) is 16.0. The van der Waals surface area contributed by atoms with Gasteiger partial charge in [0.05, 0.1) is 13.2 Å². The quantitative estimate of drug-likeness (QED) is 0.211. The van der Waals surface area contributed by atoms with Gasteiger partial charge in [-0.15, -0.1) is 0 Å². The molecule has 0 radical (unpaired) electrons. The van der Waals surface area contributed by atoms with E-state index < -0.39 is 11.6 Å². The Bertz CT molecular complexity index is 1250. The van der Waals surface area contributed by atoms with Crippen LogP contribution in [0, 0.1) is 5.92 Å². The van der Waals surface area contributed by atoms with Crippen molar-refractivity contribution in [3.05, 3.63) is 114 Å². The van der Waals surface area contributed by atoms with Crippen LogP contribution in [0.3, 0.4) is 0 Å². The third kappa shape index (κ3) is 7.69. The molecule has 5 rings (SSSR count). The summed E-state index contributed by atoms with van der Waals surface area (Å²) in [5, 5.41) is 11.9. The summed E-state index contributed by atoms with van der Waals surface area (Å²) in [6.45, 7) is 3.63. The lowest BCUT2D eigenvalue weighted by molar-refractivity contribution is -0.164. The van der Waals surface area contributed by atoms with Crippen LogP contribution in [0.4, 0.5) is 0 Å². The van der Waals surface area contributed by atoms with E-state index in [9.17, 15) is 9.90 Å². The maximum Gasteiger partial charge on any atom is 0.347 e. The van der Waals surface area contributed by atoms with Gasteiger partial charge in [-0.3, -0.25) is 4.90 Å². The van der Waals surface area contributed by atoms with Gasteiger partial charge in [0.2, 0.25) is 11.9 Å². The fourth-order valence-corrected chi connectivity index (χ4v) is 5.35. The molecule has 2 heterocycles. The van der Waals surface area contributed by atoms with E-state index in [1.165, 1.54) is 5.56 Å². The normalized spacial score (nSPS) is 17.4. The maximum absolute atomic E-state index is 13.6. The summed E-state index contributed by atoms with van der Waals surface area (Å²) in [7, 11) is 0. The number of rotatable bonds is 13. The van der Waals surface area contributed by atoms with E-state index in [0.29, 0.717) is 23.5 Å². The third-order valence-electron chi connectivity index (χ3n) is 7.76. The number of benzene rings is 3. The molecule has 0 aliphatic carbocycles. The Morgan fingerprint density at radius 1 is 0.878 bits per heavy atom. The number of carbonyl (C=O) groups is 1.